The molecule has 3 rings (SSSR count). The second-order valence-electron chi connectivity index (χ2n) is 5.32. The van der Waals surface area contributed by atoms with E-state index in [0.29, 0.717) is 28.1 Å². The first kappa shape index (κ1) is 14.8. The summed E-state index contributed by atoms with van der Waals surface area (Å²) in [6.45, 7) is 1.50. The van der Waals surface area contributed by atoms with Crippen LogP contribution >= 0.6 is 0 Å². The molecular formula is C17H15N3O3. The van der Waals surface area contributed by atoms with Gasteiger partial charge in [-0.05, 0) is 37.3 Å². The quantitative estimate of drug-likeness (QED) is 0.513. The lowest BCUT2D eigenvalue weighted by Crippen LogP contribution is -2.34. The Morgan fingerprint density at radius 3 is 2.57 bits per heavy atom. The highest BCUT2D eigenvalue weighted by atomic mass is 16.2. The number of hydrogen-bond acceptors (Lipinski definition) is 5. The Morgan fingerprint density at radius 2 is 1.83 bits per heavy atom. The lowest BCUT2D eigenvalue weighted by molar-refractivity contribution is 0.0665. The van der Waals surface area contributed by atoms with Crippen LogP contribution in [0.15, 0.2) is 42.5 Å². The van der Waals surface area contributed by atoms with Crippen molar-refractivity contribution in [1.82, 2.24) is 4.90 Å². The highest BCUT2D eigenvalue weighted by molar-refractivity contribution is 6.21. The van der Waals surface area contributed by atoms with Crippen LogP contribution in [-0.4, -0.2) is 29.2 Å². The number of rotatable bonds is 4. The van der Waals surface area contributed by atoms with Crippen LogP contribution < -0.4 is 11.1 Å². The Hall–Kier alpha value is -3.15. The molecular weight excluding hydrogens is 294 g/mol. The van der Waals surface area contributed by atoms with E-state index < -0.39 is 0 Å². The topological polar surface area (TPSA) is 92.5 Å². The van der Waals surface area contributed by atoms with Gasteiger partial charge in [0.2, 0.25) is 0 Å². The first-order valence-electron chi connectivity index (χ1n) is 7.08. The predicted molar refractivity (Wildman–Crippen MR) is 86.3 cm³/mol. The summed E-state index contributed by atoms with van der Waals surface area (Å²) in [5.74, 6) is -0.794. The highest BCUT2D eigenvalue weighted by Crippen LogP contribution is 2.24. The number of anilines is 2. The number of nitrogen functional groups attached to an aromatic ring is 1. The SMILES string of the molecule is CC(=O)c1cccc(NCN2C(=O)c3ccc(N)cc3C2=O)c1. The van der Waals surface area contributed by atoms with E-state index in [1.54, 1.807) is 36.4 Å². The largest absolute Gasteiger partial charge is 0.399 e. The molecule has 0 aliphatic carbocycles. The van der Waals surface area contributed by atoms with Crippen LogP contribution in [0.2, 0.25) is 0 Å². The molecule has 116 valence electrons. The zero-order chi connectivity index (χ0) is 16.6. The fourth-order valence-corrected chi connectivity index (χ4v) is 2.47. The van der Waals surface area contributed by atoms with Crippen LogP contribution in [0, 0.1) is 0 Å². The van der Waals surface area contributed by atoms with Gasteiger partial charge in [-0.3, -0.25) is 19.3 Å². The van der Waals surface area contributed by atoms with Crippen molar-refractivity contribution in [2.45, 2.75) is 6.92 Å². The summed E-state index contributed by atoms with van der Waals surface area (Å²) >= 11 is 0. The van der Waals surface area contributed by atoms with Gasteiger partial charge in [-0.25, -0.2) is 0 Å². The molecule has 2 aromatic rings. The van der Waals surface area contributed by atoms with E-state index in [0.717, 1.165) is 4.90 Å². The molecule has 1 heterocycles. The van der Waals surface area contributed by atoms with Crippen LogP contribution in [0.5, 0.6) is 0 Å². The van der Waals surface area contributed by atoms with Gasteiger partial charge in [0.1, 0.15) is 0 Å². The Morgan fingerprint density at radius 1 is 1.09 bits per heavy atom. The van der Waals surface area contributed by atoms with E-state index in [4.69, 9.17) is 5.73 Å². The molecule has 23 heavy (non-hydrogen) atoms. The Kier molecular flexibility index (Phi) is 3.57. The maximum absolute atomic E-state index is 12.3. The van der Waals surface area contributed by atoms with Gasteiger partial charge in [-0.15, -0.1) is 0 Å². The van der Waals surface area contributed by atoms with Gasteiger partial charge >= 0.3 is 0 Å². The van der Waals surface area contributed by atoms with Crippen molar-refractivity contribution in [2.24, 2.45) is 0 Å². The fraction of sp³-hybridized carbons (Fsp3) is 0.118. The van der Waals surface area contributed by atoms with Crippen molar-refractivity contribution in [3.63, 3.8) is 0 Å². The zero-order valence-corrected chi connectivity index (χ0v) is 12.5. The van der Waals surface area contributed by atoms with Crippen LogP contribution in [-0.2, 0) is 0 Å². The number of amides is 2. The van der Waals surface area contributed by atoms with E-state index in [2.05, 4.69) is 5.32 Å². The van der Waals surface area contributed by atoms with Crippen molar-refractivity contribution < 1.29 is 14.4 Å². The minimum atomic E-state index is -0.382. The van der Waals surface area contributed by atoms with Crippen molar-refractivity contribution in [3.05, 3.63) is 59.2 Å². The fourth-order valence-electron chi connectivity index (χ4n) is 2.47. The van der Waals surface area contributed by atoms with Gasteiger partial charge in [0.25, 0.3) is 11.8 Å². The van der Waals surface area contributed by atoms with Gasteiger partial charge in [0, 0.05) is 16.9 Å². The number of ketones is 1. The number of nitrogens with one attached hydrogen (secondary N) is 1. The molecule has 3 N–H and O–H groups in total. The van der Waals surface area contributed by atoms with E-state index in [-0.39, 0.29) is 24.3 Å². The third-order valence-corrected chi connectivity index (χ3v) is 3.71. The molecule has 0 saturated carbocycles. The summed E-state index contributed by atoms with van der Waals surface area (Å²) in [7, 11) is 0. The molecule has 1 aliphatic heterocycles. The first-order valence-corrected chi connectivity index (χ1v) is 7.08. The number of nitrogens with zero attached hydrogens (tertiary/aromatic N) is 1. The summed E-state index contributed by atoms with van der Waals surface area (Å²) in [4.78, 5) is 37.1. The van der Waals surface area contributed by atoms with Crippen molar-refractivity contribution >= 4 is 29.0 Å². The number of imide groups is 1. The molecule has 1 aliphatic rings. The molecule has 6 heteroatoms. The predicted octanol–water partition coefficient (Wildman–Crippen LogP) is 2.14. The smallest absolute Gasteiger partial charge is 0.263 e. The molecule has 0 aromatic heterocycles. The van der Waals surface area contributed by atoms with Gasteiger partial charge in [-0.1, -0.05) is 12.1 Å². The summed E-state index contributed by atoms with van der Waals surface area (Å²) in [6, 6.07) is 11.5. The number of nitrogens with two attached hydrogens (primary N) is 1. The van der Waals surface area contributed by atoms with Crippen LogP contribution in [0.25, 0.3) is 0 Å². The van der Waals surface area contributed by atoms with Crippen molar-refractivity contribution in [1.29, 1.82) is 0 Å². The standard InChI is InChI=1S/C17H15N3O3/c1-10(21)11-3-2-4-13(7-11)19-9-20-16(22)14-6-5-12(18)8-15(14)17(20)23/h2-8,19H,9,18H2,1H3. The number of hydrogen-bond donors (Lipinski definition) is 2. The number of carbonyl (C=O) groups excluding carboxylic acids is 3. The van der Waals surface area contributed by atoms with Gasteiger partial charge in [-0.2, -0.15) is 0 Å². The van der Waals surface area contributed by atoms with E-state index in [9.17, 15) is 14.4 Å². The van der Waals surface area contributed by atoms with Gasteiger partial charge < -0.3 is 11.1 Å². The van der Waals surface area contributed by atoms with Crippen molar-refractivity contribution in [3.8, 4) is 0 Å². The molecule has 0 bridgehead atoms. The third-order valence-electron chi connectivity index (χ3n) is 3.71. The minimum Gasteiger partial charge on any atom is -0.399 e. The van der Waals surface area contributed by atoms with Crippen LogP contribution in [0.4, 0.5) is 11.4 Å². The molecule has 2 amide bonds. The summed E-state index contributed by atoms with van der Waals surface area (Å²) < 4.78 is 0. The maximum Gasteiger partial charge on any atom is 0.263 e. The lowest BCUT2D eigenvalue weighted by Gasteiger charge is -2.16. The average Bonchev–Trinajstić information content (AvgIpc) is 2.76. The van der Waals surface area contributed by atoms with Gasteiger partial charge in [0.05, 0.1) is 17.8 Å². The van der Waals surface area contributed by atoms with Crippen LogP contribution in [0.3, 0.4) is 0 Å². The van der Waals surface area contributed by atoms with Gasteiger partial charge in [0.15, 0.2) is 5.78 Å². The zero-order valence-electron chi connectivity index (χ0n) is 12.5. The van der Waals surface area contributed by atoms with Crippen LogP contribution in [0.1, 0.15) is 38.0 Å². The highest BCUT2D eigenvalue weighted by Gasteiger charge is 2.35. The summed E-state index contributed by atoms with van der Waals surface area (Å²) in [5.41, 5.74) is 7.99. The Labute approximate surface area is 132 Å². The minimum absolute atomic E-state index is 0.0214. The molecule has 6 nitrogen and oxygen atoms in total. The third kappa shape index (κ3) is 2.66. The first-order chi connectivity index (χ1) is 11.0. The summed E-state index contributed by atoms with van der Waals surface area (Å²) in [5, 5.41) is 2.99. The number of fused-ring (bicyclic) bond motifs is 1. The Balaban J connectivity index is 1.77. The second kappa shape index (κ2) is 5.57. The number of benzene rings is 2. The molecule has 0 fully saturated rings. The molecule has 0 radical (unpaired) electrons. The average molecular weight is 309 g/mol. The molecule has 0 unspecified atom stereocenters. The molecule has 0 saturated heterocycles. The normalized spacial score (nSPS) is 13.2. The number of Topliss-reactive ketones (excluding diaryl/α,β-unsaturated/α-hetero) is 1. The summed E-state index contributed by atoms with van der Waals surface area (Å²) in [6.07, 6.45) is 0. The second-order valence-corrected chi connectivity index (χ2v) is 5.32. The molecule has 0 spiro atoms. The molecule has 0 atom stereocenters. The Bertz CT molecular complexity index is 830. The monoisotopic (exact) mass is 309 g/mol. The van der Waals surface area contributed by atoms with Crippen molar-refractivity contribution in [2.75, 3.05) is 17.7 Å². The lowest BCUT2D eigenvalue weighted by atomic mass is 10.1. The van der Waals surface area contributed by atoms with E-state index in [1.165, 1.54) is 13.0 Å². The molecule has 2 aromatic carbocycles. The van der Waals surface area contributed by atoms with E-state index >= 15 is 0 Å². The van der Waals surface area contributed by atoms with E-state index in [1.807, 2.05) is 0 Å². The maximum atomic E-state index is 12.3. The number of carbonyl (C=O) groups is 3.